The standard InChI is InChI=1S/C12H20BrNO3/c1-9(2)16-8-10(15)6-14(3)7-11-4-5-12(13)17-11/h4-5,9-10,15H,6-8H2,1-3H3. The summed E-state index contributed by atoms with van der Waals surface area (Å²) in [4.78, 5) is 2.00. The van der Waals surface area contributed by atoms with Crippen molar-refractivity contribution in [2.75, 3.05) is 20.2 Å². The number of furan rings is 1. The number of rotatable bonds is 7. The fraction of sp³-hybridized carbons (Fsp3) is 0.667. The van der Waals surface area contributed by atoms with Gasteiger partial charge >= 0.3 is 0 Å². The smallest absolute Gasteiger partial charge is 0.169 e. The summed E-state index contributed by atoms with van der Waals surface area (Å²) in [5.74, 6) is 0.872. The van der Waals surface area contributed by atoms with Gasteiger partial charge < -0.3 is 14.3 Å². The Morgan fingerprint density at radius 3 is 2.71 bits per heavy atom. The lowest BCUT2D eigenvalue weighted by Gasteiger charge is -2.20. The van der Waals surface area contributed by atoms with Crippen molar-refractivity contribution in [1.29, 1.82) is 0 Å². The van der Waals surface area contributed by atoms with Crippen LogP contribution in [0, 0.1) is 0 Å². The Morgan fingerprint density at radius 2 is 2.18 bits per heavy atom. The van der Waals surface area contributed by atoms with Crippen LogP contribution in [0.4, 0.5) is 0 Å². The van der Waals surface area contributed by atoms with Crippen LogP contribution in [0.15, 0.2) is 21.2 Å². The first kappa shape index (κ1) is 14.7. The molecule has 17 heavy (non-hydrogen) atoms. The van der Waals surface area contributed by atoms with Crippen LogP contribution in [0.3, 0.4) is 0 Å². The zero-order valence-electron chi connectivity index (χ0n) is 10.5. The third kappa shape index (κ3) is 6.21. The van der Waals surface area contributed by atoms with Gasteiger partial charge in [0.15, 0.2) is 4.67 Å². The Balaban J connectivity index is 2.26. The lowest BCUT2D eigenvalue weighted by molar-refractivity contribution is -0.00691. The van der Waals surface area contributed by atoms with Crippen LogP contribution in [-0.4, -0.2) is 42.4 Å². The summed E-state index contributed by atoms with van der Waals surface area (Å²) in [6.45, 7) is 5.51. The number of aliphatic hydroxyl groups excluding tert-OH is 1. The third-order valence-corrected chi connectivity index (χ3v) is 2.63. The predicted molar refractivity (Wildman–Crippen MR) is 69.8 cm³/mol. The van der Waals surface area contributed by atoms with Gasteiger partial charge in [-0.3, -0.25) is 4.90 Å². The van der Waals surface area contributed by atoms with Crippen molar-refractivity contribution in [1.82, 2.24) is 4.90 Å². The minimum absolute atomic E-state index is 0.149. The molecule has 1 heterocycles. The largest absolute Gasteiger partial charge is 0.453 e. The number of likely N-dealkylation sites (N-methyl/N-ethyl adjacent to an activating group) is 1. The summed E-state index contributed by atoms with van der Waals surface area (Å²) in [5.41, 5.74) is 0. The molecule has 0 saturated carbocycles. The number of ether oxygens (including phenoxy) is 1. The molecule has 0 saturated heterocycles. The second-order valence-corrected chi connectivity index (χ2v) is 5.22. The number of hydrogen-bond acceptors (Lipinski definition) is 4. The molecule has 5 heteroatoms. The molecule has 1 unspecified atom stereocenters. The van der Waals surface area contributed by atoms with Crippen molar-refractivity contribution in [3.8, 4) is 0 Å². The third-order valence-electron chi connectivity index (χ3n) is 2.20. The molecule has 1 N–H and O–H groups in total. The zero-order chi connectivity index (χ0) is 12.8. The molecule has 1 atom stereocenters. The molecular weight excluding hydrogens is 286 g/mol. The van der Waals surface area contributed by atoms with Gasteiger partial charge in [0.05, 0.1) is 25.4 Å². The molecule has 0 spiro atoms. The fourth-order valence-electron chi connectivity index (χ4n) is 1.48. The quantitative estimate of drug-likeness (QED) is 0.839. The molecule has 1 aromatic heterocycles. The summed E-state index contributed by atoms with van der Waals surface area (Å²) >= 11 is 3.26. The lowest BCUT2D eigenvalue weighted by atomic mass is 10.3. The van der Waals surface area contributed by atoms with Gasteiger partial charge in [-0.1, -0.05) is 0 Å². The van der Waals surface area contributed by atoms with E-state index in [1.54, 1.807) is 0 Å². The van der Waals surface area contributed by atoms with E-state index in [-0.39, 0.29) is 6.10 Å². The number of hydrogen-bond donors (Lipinski definition) is 1. The molecule has 1 rings (SSSR count). The average Bonchev–Trinajstić information content (AvgIpc) is 2.60. The zero-order valence-corrected chi connectivity index (χ0v) is 12.1. The highest BCUT2D eigenvalue weighted by atomic mass is 79.9. The maximum atomic E-state index is 9.75. The van der Waals surface area contributed by atoms with Gasteiger partial charge in [-0.25, -0.2) is 0 Å². The Bertz CT molecular complexity index is 327. The van der Waals surface area contributed by atoms with Gasteiger partial charge in [0.1, 0.15) is 5.76 Å². The Morgan fingerprint density at radius 1 is 1.47 bits per heavy atom. The van der Waals surface area contributed by atoms with Gasteiger partial charge in [0, 0.05) is 6.54 Å². The van der Waals surface area contributed by atoms with Crippen LogP contribution in [0.1, 0.15) is 19.6 Å². The first-order chi connectivity index (χ1) is 7.97. The van der Waals surface area contributed by atoms with Crippen molar-refractivity contribution in [3.63, 3.8) is 0 Å². The molecule has 98 valence electrons. The predicted octanol–water partition coefficient (Wildman–Crippen LogP) is 2.26. The van der Waals surface area contributed by atoms with E-state index in [0.29, 0.717) is 19.7 Å². The molecule has 0 radical (unpaired) electrons. The van der Waals surface area contributed by atoms with E-state index in [1.165, 1.54) is 0 Å². The molecule has 0 amide bonds. The highest BCUT2D eigenvalue weighted by Crippen LogP contribution is 2.15. The summed E-state index contributed by atoms with van der Waals surface area (Å²) < 4.78 is 11.5. The van der Waals surface area contributed by atoms with Crippen molar-refractivity contribution in [3.05, 3.63) is 22.6 Å². The molecule has 0 aliphatic rings. The molecule has 4 nitrogen and oxygen atoms in total. The van der Waals surface area contributed by atoms with E-state index in [1.807, 2.05) is 37.9 Å². The molecule has 0 fully saturated rings. The molecular formula is C12H20BrNO3. The molecule has 1 aromatic rings. The fourth-order valence-corrected chi connectivity index (χ4v) is 1.82. The van der Waals surface area contributed by atoms with Gasteiger partial charge in [-0.2, -0.15) is 0 Å². The summed E-state index contributed by atoms with van der Waals surface area (Å²) in [6, 6.07) is 3.78. The first-order valence-electron chi connectivity index (χ1n) is 5.69. The number of nitrogens with zero attached hydrogens (tertiary/aromatic N) is 1. The van der Waals surface area contributed by atoms with Crippen LogP contribution >= 0.6 is 15.9 Å². The van der Waals surface area contributed by atoms with E-state index in [2.05, 4.69) is 15.9 Å². The second kappa shape index (κ2) is 7.16. The minimum atomic E-state index is -0.471. The number of halogens is 1. The van der Waals surface area contributed by atoms with E-state index < -0.39 is 6.10 Å². The Labute approximate surface area is 111 Å². The Kier molecular flexibility index (Phi) is 6.19. The molecule has 0 bridgehead atoms. The van der Waals surface area contributed by atoms with Crippen molar-refractivity contribution >= 4 is 15.9 Å². The van der Waals surface area contributed by atoms with Crippen molar-refractivity contribution in [2.24, 2.45) is 0 Å². The first-order valence-corrected chi connectivity index (χ1v) is 6.49. The SMILES string of the molecule is CC(C)OCC(O)CN(C)Cc1ccc(Br)o1. The van der Waals surface area contributed by atoms with Crippen LogP contribution in [0.5, 0.6) is 0 Å². The maximum absolute atomic E-state index is 9.75. The van der Waals surface area contributed by atoms with Gasteiger partial charge in [-0.05, 0) is 49.0 Å². The highest BCUT2D eigenvalue weighted by molar-refractivity contribution is 9.10. The normalized spacial score (nSPS) is 13.6. The van der Waals surface area contributed by atoms with E-state index >= 15 is 0 Å². The minimum Gasteiger partial charge on any atom is -0.453 e. The Hall–Kier alpha value is -0.360. The van der Waals surface area contributed by atoms with Gasteiger partial charge in [0.2, 0.25) is 0 Å². The van der Waals surface area contributed by atoms with E-state index in [9.17, 15) is 5.11 Å². The van der Waals surface area contributed by atoms with E-state index in [4.69, 9.17) is 9.15 Å². The average molecular weight is 306 g/mol. The highest BCUT2D eigenvalue weighted by Gasteiger charge is 2.11. The van der Waals surface area contributed by atoms with Crippen LogP contribution in [0.25, 0.3) is 0 Å². The molecule has 0 aliphatic carbocycles. The lowest BCUT2D eigenvalue weighted by Crippen LogP contribution is -2.32. The van der Waals surface area contributed by atoms with Crippen molar-refractivity contribution in [2.45, 2.75) is 32.6 Å². The van der Waals surface area contributed by atoms with Crippen molar-refractivity contribution < 1.29 is 14.3 Å². The topological polar surface area (TPSA) is 45.8 Å². The molecule has 0 aromatic carbocycles. The maximum Gasteiger partial charge on any atom is 0.169 e. The van der Waals surface area contributed by atoms with Gasteiger partial charge in [-0.15, -0.1) is 0 Å². The summed E-state index contributed by atoms with van der Waals surface area (Å²) in [5, 5.41) is 9.75. The monoisotopic (exact) mass is 305 g/mol. The van der Waals surface area contributed by atoms with Gasteiger partial charge in [0.25, 0.3) is 0 Å². The summed E-state index contributed by atoms with van der Waals surface area (Å²) in [7, 11) is 1.94. The van der Waals surface area contributed by atoms with Crippen LogP contribution in [0.2, 0.25) is 0 Å². The number of aliphatic hydroxyl groups is 1. The molecule has 0 aliphatic heterocycles. The van der Waals surface area contributed by atoms with E-state index in [0.717, 1.165) is 10.4 Å². The van der Waals surface area contributed by atoms with Crippen LogP contribution in [-0.2, 0) is 11.3 Å². The summed E-state index contributed by atoms with van der Waals surface area (Å²) in [6.07, 6.45) is -0.322. The van der Waals surface area contributed by atoms with Crippen LogP contribution < -0.4 is 0 Å². The second-order valence-electron chi connectivity index (χ2n) is 4.44.